The fourth-order valence-corrected chi connectivity index (χ4v) is 4.41. The van der Waals surface area contributed by atoms with Gasteiger partial charge in [0.2, 0.25) is 5.91 Å². The zero-order chi connectivity index (χ0) is 22.2. The van der Waals surface area contributed by atoms with Gasteiger partial charge < -0.3 is 19.8 Å². The highest BCUT2D eigenvalue weighted by Gasteiger charge is 2.20. The van der Waals surface area contributed by atoms with Gasteiger partial charge in [0, 0.05) is 49.7 Å². The maximum Gasteiger partial charge on any atom is 0.220 e. The van der Waals surface area contributed by atoms with Gasteiger partial charge in [-0.1, -0.05) is 30.3 Å². The molecule has 4 rings (SSSR count). The highest BCUT2D eigenvalue weighted by Crippen LogP contribution is 2.33. The first kappa shape index (κ1) is 22.4. The number of nitrogens with one attached hydrogen (secondary N) is 2. The van der Waals surface area contributed by atoms with Crippen molar-refractivity contribution < 1.29 is 14.3 Å². The molecule has 1 fully saturated rings. The standard InChI is InChI=1S/C26H33N3O3/c1-31-22-9-10-25-23(18-22)24(19-28-25)21(8-7-20-5-3-2-4-6-20)17-26(30)27-11-12-29-13-15-32-16-14-29/h2-6,9-10,18-19,21,28H,7-8,11-17H2,1H3,(H,27,30)/t21-/m1/s1. The van der Waals surface area contributed by atoms with Crippen molar-refractivity contribution in [3.63, 3.8) is 0 Å². The van der Waals surface area contributed by atoms with Gasteiger partial charge in [0.15, 0.2) is 0 Å². The summed E-state index contributed by atoms with van der Waals surface area (Å²) in [6, 6.07) is 16.5. The van der Waals surface area contributed by atoms with Gasteiger partial charge in [-0.25, -0.2) is 0 Å². The Kier molecular flexibility index (Phi) is 7.80. The number of aromatic nitrogens is 1. The minimum absolute atomic E-state index is 0.105. The number of rotatable bonds is 10. The Hall–Kier alpha value is -2.83. The second-order valence-corrected chi connectivity index (χ2v) is 8.38. The van der Waals surface area contributed by atoms with Gasteiger partial charge in [0.1, 0.15) is 5.75 Å². The topological polar surface area (TPSA) is 66.6 Å². The Morgan fingerprint density at radius 3 is 2.78 bits per heavy atom. The predicted octanol–water partition coefficient (Wildman–Crippen LogP) is 3.73. The van der Waals surface area contributed by atoms with Gasteiger partial charge in [-0.3, -0.25) is 9.69 Å². The molecule has 0 spiro atoms. The van der Waals surface area contributed by atoms with E-state index in [9.17, 15) is 4.79 Å². The maximum atomic E-state index is 12.9. The summed E-state index contributed by atoms with van der Waals surface area (Å²) in [6.45, 7) is 4.97. The van der Waals surface area contributed by atoms with Crippen molar-refractivity contribution >= 4 is 16.8 Å². The molecular weight excluding hydrogens is 402 g/mol. The Morgan fingerprint density at radius 2 is 2.00 bits per heavy atom. The lowest BCUT2D eigenvalue weighted by atomic mass is 9.89. The number of benzene rings is 2. The van der Waals surface area contributed by atoms with E-state index < -0.39 is 0 Å². The molecule has 0 unspecified atom stereocenters. The van der Waals surface area contributed by atoms with Gasteiger partial charge in [-0.15, -0.1) is 0 Å². The maximum absolute atomic E-state index is 12.9. The molecule has 1 aromatic heterocycles. The van der Waals surface area contributed by atoms with E-state index in [-0.39, 0.29) is 11.8 Å². The van der Waals surface area contributed by atoms with E-state index >= 15 is 0 Å². The van der Waals surface area contributed by atoms with Crippen LogP contribution in [0.1, 0.15) is 29.9 Å². The van der Waals surface area contributed by atoms with Gasteiger partial charge in [-0.2, -0.15) is 0 Å². The van der Waals surface area contributed by atoms with E-state index in [1.165, 1.54) is 11.1 Å². The molecule has 170 valence electrons. The Bertz CT molecular complexity index is 996. The predicted molar refractivity (Wildman–Crippen MR) is 127 cm³/mol. The Morgan fingerprint density at radius 1 is 1.19 bits per heavy atom. The number of hydrogen-bond donors (Lipinski definition) is 2. The number of methoxy groups -OCH3 is 1. The summed E-state index contributed by atoms with van der Waals surface area (Å²) in [7, 11) is 1.68. The van der Waals surface area contributed by atoms with E-state index in [1.54, 1.807) is 7.11 Å². The second kappa shape index (κ2) is 11.2. The van der Waals surface area contributed by atoms with Crippen LogP contribution in [0.5, 0.6) is 5.75 Å². The lowest BCUT2D eigenvalue weighted by Crippen LogP contribution is -2.41. The summed E-state index contributed by atoms with van der Waals surface area (Å²) in [6.07, 6.45) is 4.37. The van der Waals surface area contributed by atoms with Gasteiger partial charge >= 0.3 is 0 Å². The van der Waals surface area contributed by atoms with Crippen LogP contribution in [-0.2, 0) is 16.0 Å². The van der Waals surface area contributed by atoms with Gasteiger partial charge in [-0.05, 0) is 48.1 Å². The average molecular weight is 436 g/mol. The van der Waals surface area contributed by atoms with E-state index in [1.807, 2.05) is 18.2 Å². The van der Waals surface area contributed by atoms with Crippen LogP contribution in [0, 0.1) is 0 Å². The average Bonchev–Trinajstić information content (AvgIpc) is 3.26. The zero-order valence-corrected chi connectivity index (χ0v) is 18.8. The number of ether oxygens (including phenoxy) is 2. The molecule has 32 heavy (non-hydrogen) atoms. The summed E-state index contributed by atoms with van der Waals surface area (Å²) in [5.41, 5.74) is 3.54. The summed E-state index contributed by atoms with van der Waals surface area (Å²) in [5, 5.41) is 4.26. The molecule has 0 aliphatic carbocycles. The molecule has 1 aliphatic rings. The highest BCUT2D eigenvalue weighted by molar-refractivity contribution is 5.86. The number of aromatic amines is 1. The smallest absolute Gasteiger partial charge is 0.220 e. The normalized spacial score (nSPS) is 15.5. The number of fused-ring (bicyclic) bond motifs is 1. The van der Waals surface area contributed by atoms with Crippen LogP contribution >= 0.6 is 0 Å². The quantitative estimate of drug-likeness (QED) is 0.509. The lowest BCUT2D eigenvalue weighted by molar-refractivity contribution is -0.121. The van der Waals surface area contributed by atoms with Crippen molar-refractivity contribution in [2.24, 2.45) is 0 Å². The lowest BCUT2D eigenvalue weighted by Gasteiger charge is -2.26. The molecule has 1 atom stereocenters. The fourth-order valence-electron chi connectivity index (χ4n) is 4.41. The Labute approximate surface area is 189 Å². The van der Waals surface area contributed by atoms with Crippen LogP contribution in [-0.4, -0.2) is 62.3 Å². The van der Waals surface area contributed by atoms with Crippen molar-refractivity contribution in [2.75, 3.05) is 46.5 Å². The minimum atomic E-state index is 0.105. The third-order valence-electron chi connectivity index (χ3n) is 6.27. The molecular formula is C26H33N3O3. The van der Waals surface area contributed by atoms with Crippen LogP contribution in [0.15, 0.2) is 54.7 Å². The van der Waals surface area contributed by atoms with Crippen molar-refractivity contribution in [2.45, 2.75) is 25.2 Å². The van der Waals surface area contributed by atoms with Crippen molar-refractivity contribution in [1.82, 2.24) is 15.2 Å². The Balaban J connectivity index is 1.44. The van der Waals surface area contributed by atoms with Crippen LogP contribution in [0.4, 0.5) is 0 Å². The molecule has 6 heteroatoms. The number of carbonyl (C=O) groups excluding carboxylic acids is 1. The largest absolute Gasteiger partial charge is 0.497 e. The first-order valence-corrected chi connectivity index (χ1v) is 11.5. The van der Waals surface area contributed by atoms with Crippen molar-refractivity contribution in [1.29, 1.82) is 0 Å². The van der Waals surface area contributed by atoms with Crippen LogP contribution < -0.4 is 10.1 Å². The number of morpholine rings is 1. The number of amides is 1. The van der Waals surface area contributed by atoms with Crippen LogP contribution in [0.3, 0.4) is 0 Å². The highest BCUT2D eigenvalue weighted by atomic mass is 16.5. The van der Waals surface area contributed by atoms with Crippen LogP contribution in [0.25, 0.3) is 10.9 Å². The van der Waals surface area contributed by atoms with E-state index in [0.717, 1.165) is 62.3 Å². The molecule has 0 bridgehead atoms. The number of nitrogens with zero attached hydrogens (tertiary/aromatic N) is 1. The molecule has 1 amide bonds. The molecule has 6 nitrogen and oxygen atoms in total. The third kappa shape index (κ3) is 5.90. The zero-order valence-electron chi connectivity index (χ0n) is 18.8. The van der Waals surface area contributed by atoms with Gasteiger partial charge in [0.25, 0.3) is 0 Å². The number of hydrogen-bond acceptors (Lipinski definition) is 4. The van der Waals surface area contributed by atoms with Crippen molar-refractivity contribution in [3.05, 3.63) is 65.9 Å². The van der Waals surface area contributed by atoms with Gasteiger partial charge in [0.05, 0.1) is 20.3 Å². The summed E-state index contributed by atoms with van der Waals surface area (Å²) >= 11 is 0. The van der Waals surface area contributed by atoms with E-state index in [2.05, 4.69) is 51.7 Å². The van der Waals surface area contributed by atoms with E-state index in [0.29, 0.717) is 13.0 Å². The molecule has 2 heterocycles. The van der Waals surface area contributed by atoms with Crippen molar-refractivity contribution in [3.8, 4) is 5.75 Å². The summed E-state index contributed by atoms with van der Waals surface area (Å²) in [5.74, 6) is 1.06. The first-order valence-electron chi connectivity index (χ1n) is 11.5. The summed E-state index contributed by atoms with van der Waals surface area (Å²) in [4.78, 5) is 18.6. The number of aryl methyl sites for hydroxylation is 1. The fraction of sp³-hybridized carbons (Fsp3) is 0.423. The first-order chi connectivity index (χ1) is 15.7. The third-order valence-corrected chi connectivity index (χ3v) is 6.27. The number of H-pyrrole nitrogens is 1. The number of carbonyl (C=O) groups is 1. The molecule has 2 N–H and O–H groups in total. The van der Waals surface area contributed by atoms with Crippen LogP contribution in [0.2, 0.25) is 0 Å². The molecule has 0 saturated carbocycles. The molecule has 3 aromatic rings. The summed E-state index contributed by atoms with van der Waals surface area (Å²) < 4.78 is 10.8. The monoisotopic (exact) mass is 435 g/mol. The molecule has 1 saturated heterocycles. The second-order valence-electron chi connectivity index (χ2n) is 8.38. The minimum Gasteiger partial charge on any atom is -0.497 e. The molecule has 2 aromatic carbocycles. The molecule has 1 aliphatic heterocycles. The van der Waals surface area contributed by atoms with E-state index in [4.69, 9.17) is 9.47 Å². The SMILES string of the molecule is COc1ccc2[nH]cc([C@H](CCc3ccccc3)CC(=O)NCCN3CCOCC3)c2c1. The molecule has 0 radical (unpaired) electrons.